The molecule has 9 heteroatoms. The molecule has 1 aromatic carbocycles. The highest BCUT2D eigenvalue weighted by molar-refractivity contribution is 7.18. The zero-order valence-corrected chi connectivity index (χ0v) is 14.6. The van der Waals surface area contributed by atoms with Gasteiger partial charge in [-0.15, -0.1) is 10.2 Å². The molecule has 2 amide bonds. The summed E-state index contributed by atoms with van der Waals surface area (Å²) in [6.45, 7) is 3.09. The maximum Gasteiger partial charge on any atom is 0.331 e. The largest absolute Gasteiger partial charge is 0.497 e. The fourth-order valence-electron chi connectivity index (χ4n) is 1.84. The summed E-state index contributed by atoms with van der Waals surface area (Å²) >= 11 is 1.22. The Morgan fingerprint density at radius 3 is 2.38 bits per heavy atom. The Balaban J connectivity index is 2.02. The van der Waals surface area contributed by atoms with E-state index < -0.39 is 17.5 Å². The van der Waals surface area contributed by atoms with Crippen molar-refractivity contribution in [1.82, 2.24) is 15.5 Å². The van der Waals surface area contributed by atoms with Crippen molar-refractivity contribution in [2.75, 3.05) is 19.5 Å². The molecule has 1 heterocycles. The van der Waals surface area contributed by atoms with Crippen LogP contribution in [0.1, 0.15) is 13.8 Å². The Bertz CT molecular complexity index is 727. The van der Waals surface area contributed by atoms with Crippen LogP contribution in [0.5, 0.6) is 5.75 Å². The first-order chi connectivity index (χ1) is 11.4. The molecule has 0 aliphatic carbocycles. The predicted octanol–water partition coefficient (Wildman–Crippen LogP) is 2.29. The molecule has 128 valence electrons. The number of methoxy groups -OCH3 is 2. The van der Waals surface area contributed by atoms with Crippen molar-refractivity contribution < 1.29 is 19.1 Å². The third kappa shape index (κ3) is 4.19. The van der Waals surface area contributed by atoms with Gasteiger partial charge in [0, 0.05) is 5.56 Å². The summed E-state index contributed by atoms with van der Waals surface area (Å²) in [6, 6.07) is 6.76. The predicted molar refractivity (Wildman–Crippen MR) is 90.1 cm³/mol. The average molecular weight is 350 g/mol. The summed E-state index contributed by atoms with van der Waals surface area (Å²) in [5, 5.41) is 14.0. The first-order valence-corrected chi connectivity index (χ1v) is 7.83. The van der Waals surface area contributed by atoms with Gasteiger partial charge >= 0.3 is 12.0 Å². The number of nitrogens with zero attached hydrogens (tertiary/aromatic N) is 2. The lowest BCUT2D eigenvalue weighted by Gasteiger charge is -2.22. The number of aromatic nitrogens is 2. The second-order valence-corrected chi connectivity index (χ2v) is 6.31. The first kappa shape index (κ1) is 17.7. The van der Waals surface area contributed by atoms with Crippen molar-refractivity contribution in [3.63, 3.8) is 0 Å². The maximum absolute atomic E-state index is 12.0. The molecule has 0 atom stereocenters. The molecule has 2 rings (SSSR count). The van der Waals surface area contributed by atoms with Gasteiger partial charge in [0.05, 0.1) is 14.2 Å². The molecule has 0 fully saturated rings. The number of rotatable bonds is 5. The number of carbonyl (C=O) groups excluding carboxylic acids is 2. The van der Waals surface area contributed by atoms with Crippen LogP contribution in [0.3, 0.4) is 0 Å². The third-order valence-corrected chi connectivity index (χ3v) is 3.99. The van der Waals surface area contributed by atoms with Gasteiger partial charge in [0.15, 0.2) is 0 Å². The molecule has 2 aromatic rings. The summed E-state index contributed by atoms with van der Waals surface area (Å²) in [7, 11) is 2.85. The number of urea groups is 1. The van der Waals surface area contributed by atoms with E-state index in [0.29, 0.717) is 10.1 Å². The van der Waals surface area contributed by atoms with Crippen LogP contribution in [0.25, 0.3) is 10.6 Å². The van der Waals surface area contributed by atoms with Gasteiger partial charge in [-0.25, -0.2) is 9.59 Å². The zero-order chi connectivity index (χ0) is 17.7. The number of benzene rings is 1. The number of esters is 1. The van der Waals surface area contributed by atoms with E-state index in [2.05, 4.69) is 25.6 Å². The minimum atomic E-state index is -1.15. The van der Waals surface area contributed by atoms with E-state index in [9.17, 15) is 9.59 Å². The molecule has 0 spiro atoms. The monoisotopic (exact) mass is 350 g/mol. The lowest BCUT2D eigenvalue weighted by molar-refractivity contribution is -0.146. The summed E-state index contributed by atoms with van der Waals surface area (Å²) in [5.41, 5.74) is -0.292. The van der Waals surface area contributed by atoms with E-state index in [0.717, 1.165) is 11.3 Å². The highest BCUT2D eigenvalue weighted by Gasteiger charge is 2.30. The number of amides is 2. The summed E-state index contributed by atoms with van der Waals surface area (Å²) in [4.78, 5) is 23.5. The van der Waals surface area contributed by atoms with Crippen LogP contribution in [0.4, 0.5) is 9.93 Å². The van der Waals surface area contributed by atoms with Crippen molar-refractivity contribution in [3.05, 3.63) is 24.3 Å². The van der Waals surface area contributed by atoms with Crippen molar-refractivity contribution in [3.8, 4) is 16.3 Å². The van der Waals surface area contributed by atoms with Gasteiger partial charge in [-0.05, 0) is 38.1 Å². The zero-order valence-electron chi connectivity index (χ0n) is 13.7. The molecule has 0 unspecified atom stereocenters. The van der Waals surface area contributed by atoms with Gasteiger partial charge in [-0.1, -0.05) is 11.3 Å². The molecule has 8 nitrogen and oxygen atoms in total. The SMILES string of the molecule is COC(=O)C(C)(C)NC(=O)Nc1nnc(-c2ccc(OC)cc2)s1. The smallest absolute Gasteiger partial charge is 0.331 e. The van der Waals surface area contributed by atoms with Crippen molar-refractivity contribution in [2.24, 2.45) is 0 Å². The van der Waals surface area contributed by atoms with Gasteiger partial charge in [0.1, 0.15) is 16.3 Å². The van der Waals surface area contributed by atoms with E-state index in [4.69, 9.17) is 4.74 Å². The quantitative estimate of drug-likeness (QED) is 0.802. The fraction of sp³-hybridized carbons (Fsp3) is 0.333. The standard InChI is InChI=1S/C15H18N4O4S/c1-15(2,12(20)23-4)17-13(21)16-14-19-18-11(24-14)9-5-7-10(22-3)8-6-9/h5-8H,1-4H3,(H2,16,17,19,21). The van der Waals surface area contributed by atoms with Crippen molar-refractivity contribution in [2.45, 2.75) is 19.4 Å². The molecule has 0 radical (unpaired) electrons. The first-order valence-electron chi connectivity index (χ1n) is 7.01. The second kappa shape index (κ2) is 7.26. The van der Waals surface area contributed by atoms with Crippen LogP contribution in [0, 0.1) is 0 Å². The van der Waals surface area contributed by atoms with Crippen LogP contribution in [0.2, 0.25) is 0 Å². The Morgan fingerprint density at radius 2 is 1.79 bits per heavy atom. The topological polar surface area (TPSA) is 102 Å². The fourth-order valence-corrected chi connectivity index (χ4v) is 2.59. The molecule has 0 saturated carbocycles. The van der Waals surface area contributed by atoms with E-state index in [-0.39, 0.29) is 0 Å². The van der Waals surface area contributed by atoms with Crippen molar-refractivity contribution >= 4 is 28.5 Å². The molecule has 0 saturated heterocycles. The number of ether oxygens (including phenoxy) is 2. The third-order valence-electron chi connectivity index (χ3n) is 3.10. The van der Waals surface area contributed by atoms with E-state index >= 15 is 0 Å². The van der Waals surface area contributed by atoms with Crippen LogP contribution in [-0.4, -0.2) is 42.0 Å². The number of hydrogen-bond acceptors (Lipinski definition) is 7. The Hall–Kier alpha value is -2.68. The van der Waals surface area contributed by atoms with E-state index in [1.54, 1.807) is 21.0 Å². The molecular weight excluding hydrogens is 332 g/mol. The minimum Gasteiger partial charge on any atom is -0.497 e. The van der Waals surface area contributed by atoms with Crippen LogP contribution in [0.15, 0.2) is 24.3 Å². The molecular formula is C15H18N4O4S. The molecule has 0 bridgehead atoms. The van der Waals surface area contributed by atoms with Crippen LogP contribution in [-0.2, 0) is 9.53 Å². The number of carbonyl (C=O) groups is 2. The number of anilines is 1. The summed E-state index contributed by atoms with van der Waals surface area (Å²) < 4.78 is 9.73. The number of hydrogen-bond donors (Lipinski definition) is 2. The van der Waals surface area contributed by atoms with Gasteiger partial charge in [-0.2, -0.15) is 0 Å². The Labute approximate surface area is 143 Å². The van der Waals surface area contributed by atoms with E-state index in [1.165, 1.54) is 18.4 Å². The maximum atomic E-state index is 12.0. The Morgan fingerprint density at radius 1 is 1.12 bits per heavy atom. The van der Waals surface area contributed by atoms with Crippen LogP contribution < -0.4 is 15.4 Å². The van der Waals surface area contributed by atoms with E-state index in [1.807, 2.05) is 24.3 Å². The highest BCUT2D eigenvalue weighted by Crippen LogP contribution is 2.27. The van der Waals surface area contributed by atoms with Crippen LogP contribution >= 0.6 is 11.3 Å². The van der Waals surface area contributed by atoms with Gasteiger partial charge < -0.3 is 14.8 Å². The van der Waals surface area contributed by atoms with Gasteiger partial charge in [0.25, 0.3) is 0 Å². The summed E-state index contributed by atoms with van der Waals surface area (Å²) in [5.74, 6) is 0.194. The molecule has 0 aliphatic heterocycles. The average Bonchev–Trinajstić information content (AvgIpc) is 3.01. The second-order valence-electron chi connectivity index (χ2n) is 5.34. The highest BCUT2D eigenvalue weighted by atomic mass is 32.1. The van der Waals surface area contributed by atoms with Gasteiger partial charge in [0.2, 0.25) is 5.13 Å². The lowest BCUT2D eigenvalue weighted by Crippen LogP contribution is -2.51. The normalized spacial score (nSPS) is 10.8. The summed E-state index contributed by atoms with van der Waals surface area (Å²) in [6.07, 6.45) is 0. The molecule has 24 heavy (non-hydrogen) atoms. The van der Waals surface area contributed by atoms with Gasteiger partial charge in [-0.3, -0.25) is 5.32 Å². The number of nitrogens with one attached hydrogen (secondary N) is 2. The molecule has 2 N–H and O–H groups in total. The lowest BCUT2D eigenvalue weighted by atomic mass is 10.1. The Kier molecular flexibility index (Phi) is 5.35. The van der Waals surface area contributed by atoms with Crippen molar-refractivity contribution in [1.29, 1.82) is 0 Å². The molecule has 1 aromatic heterocycles. The minimum absolute atomic E-state index is 0.319. The molecule has 0 aliphatic rings.